The number of methoxy groups -OCH3 is 1. The first-order valence-corrected chi connectivity index (χ1v) is 10.4. The maximum atomic E-state index is 13.3. The number of carbonyl (C=O) groups excluding carboxylic acids is 2. The third-order valence-corrected chi connectivity index (χ3v) is 5.80. The van der Waals surface area contributed by atoms with Crippen molar-refractivity contribution < 1.29 is 19.4 Å². The predicted octanol–water partition coefficient (Wildman–Crippen LogP) is 4.87. The molecule has 33 heavy (non-hydrogen) atoms. The summed E-state index contributed by atoms with van der Waals surface area (Å²) in [6.45, 7) is 0. The molecule has 0 radical (unpaired) electrons. The molecule has 6 heteroatoms. The first kappa shape index (κ1) is 20.5. The average molecular weight is 436 g/mol. The fourth-order valence-corrected chi connectivity index (χ4v) is 4.30. The second kappa shape index (κ2) is 8.24. The van der Waals surface area contributed by atoms with E-state index in [1.165, 1.54) is 12.0 Å². The molecule has 1 aliphatic rings. The summed E-state index contributed by atoms with van der Waals surface area (Å²) in [5.41, 5.74) is 1.35. The van der Waals surface area contributed by atoms with Crippen molar-refractivity contribution in [3.8, 4) is 5.75 Å². The molecule has 6 nitrogen and oxygen atoms in total. The van der Waals surface area contributed by atoms with Gasteiger partial charge >= 0.3 is 0 Å². The van der Waals surface area contributed by atoms with Gasteiger partial charge < -0.3 is 9.84 Å². The predicted molar refractivity (Wildman–Crippen MR) is 126 cm³/mol. The topological polar surface area (TPSA) is 79.7 Å². The third kappa shape index (κ3) is 3.32. The molecular weight excluding hydrogens is 416 g/mol. The van der Waals surface area contributed by atoms with Crippen LogP contribution in [0.15, 0.2) is 96.7 Å². The molecule has 0 saturated carbocycles. The molecule has 3 aromatic carbocycles. The van der Waals surface area contributed by atoms with E-state index in [1.54, 1.807) is 54.7 Å². The lowest BCUT2D eigenvalue weighted by Crippen LogP contribution is -2.30. The lowest BCUT2D eigenvalue weighted by atomic mass is 9.95. The third-order valence-electron chi connectivity index (χ3n) is 5.80. The number of amides is 1. The molecule has 1 N–H and O–H groups in total. The van der Waals surface area contributed by atoms with Crippen molar-refractivity contribution in [1.82, 2.24) is 4.98 Å². The van der Waals surface area contributed by atoms with E-state index in [1.807, 2.05) is 36.4 Å². The minimum absolute atomic E-state index is 0.0130. The maximum Gasteiger partial charge on any atom is 0.300 e. The molecule has 0 aliphatic carbocycles. The highest BCUT2D eigenvalue weighted by atomic mass is 16.5. The second-order valence-electron chi connectivity index (χ2n) is 7.62. The number of hydrogen-bond acceptors (Lipinski definition) is 5. The van der Waals surface area contributed by atoms with Gasteiger partial charge in [-0.3, -0.25) is 19.5 Å². The number of pyridine rings is 1. The quantitative estimate of drug-likeness (QED) is 0.281. The van der Waals surface area contributed by atoms with Crippen LogP contribution in [0, 0.1) is 0 Å². The fraction of sp³-hybridized carbons (Fsp3) is 0.0741. The number of carbonyl (C=O) groups is 2. The molecule has 1 saturated heterocycles. The van der Waals surface area contributed by atoms with Gasteiger partial charge in [0.15, 0.2) is 0 Å². The molecule has 1 fully saturated rings. The highest BCUT2D eigenvalue weighted by Crippen LogP contribution is 2.44. The smallest absolute Gasteiger partial charge is 0.300 e. The van der Waals surface area contributed by atoms with Crippen LogP contribution in [0.5, 0.6) is 5.75 Å². The van der Waals surface area contributed by atoms with Gasteiger partial charge in [-0.05, 0) is 35.0 Å². The number of aliphatic hydroxyl groups is 1. The summed E-state index contributed by atoms with van der Waals surface area (Å²) >= 11 is 0. The van der Waals surface area contributed by atoms with E-state index < -0.39 is 17.7 Å². The zero-order valence-corrected chi connectivity index (χ0v) is 17.8. The molecule has 1 aromatic heterocycles. The van der Waals surface area contributed by atoms with Crippen LogP contribution in [0.4, 0.5) is 5.69 Å². The molecule has 1 aliphatic heterocycles. The molecule has 1 atom stereocenters. The van der Waals surface area contributed by atoms with E-state index in [0.29, 0.717) is 22.7 Å². The molecule has 5 rings (SSSR count). The number of ketones is 1. The van der Waals surface area contributed by atoms with Crippen LogP contribution in [-0.2, 0) is 9.59 Å². The van der Waals surface area contributed by atoms with Crippen molar-refractivity contribution >= 4 is 33.9 Å². The van der Waals surface area contributed by atoms with E-state index in [9.17, 15) is 14.7 Å². The fourth-order valence-electron chi connectivity index (χ4n) is 4.30. The van der Waals surface area contributed by atoms with Crippen molar-refractivity contribution in [2.75, 3.05) is 12.0 Å². The molecular formula is C27H20N2O4. The number of aromatic nitrogens is 1. The Bertz CT molecular complexity index is 1410. The van der Waals surface area contributed by atoms with Crippen LogP contribution >= 0.6 is 0 Å². The van der Waals surface area contributed by atoms with Gasteiger partial charge in [0.25, 0.3) is 11.7 Å². The Morgan fingerprint density at radius 3 is 2.42 bits per heavy atom. The van der Waals surface area contributed by atoms with Crippen molar-refractivity contribution in [1.29, 1.82) is 0 Å². The number of benzene rings is 3. The second-order valence-corrected chi connectivity index (χ2v) is 7.62. The van der Waals surface area contributed by atoms with E-state index in [4.69, 9.17) is 4.74 Å². The van der Waals surface area contributed by atoms with Crippen molar-refractivity contribution in [3.05, 3.63) is 108 Å². The monoisotopic (exact) mass is 436 g/mol. The van der Waals surface area contributed by atoms with Gasteiger partial charge in [-0.2, -0.15) is 0 Å². The zero-order chi connectivity index (χ0) is 22.9. The summed E-state index contributed by atoms with van der Waals surface area (Å²) in [6.07, 6.45) is 1.59. The van der Waals surface area contributed by atoms with Crippen LogP contribution in [0.25, 0.3) is 16.5 Å². The van der Waals surface area contributed by atoms with Gasteiger partial charge in [-0.25, -0.2) is 0 Å². The maximum absolute atomic E-state index is 13.3. The molecule has 0 spiro atoms. The van der Waals surface area contributed by atoms with Crippen molar-refractivity contribution in [2.24, 2.45) is 0 Å². The SMILES string of the molecule is COc1ccccc1N1C(=O)C(=O)/C(=C(\O)c2cccc3ccccc23)C1c1ccccn1. The van der Waals surface area contributed by atoms with Crippen molar-refractivity contribution in [3.63, 3.8) is 0 Å². The Morgan fingerprint density at radius 2 is 1.64 bits per heavy atom. The number of Topliss-reactive ketones (excluding diaryl/α,β-unsaturated/α-hetero) is 1. The Morgan fingerprint density at radius 1 is 0.909 bits per heavy atom. The summed E-state index contributed by atoms with van der Waals surface area (Å²) in [5.74, 6) is -1.33. The lowest BCUT2D eigenvalue weighted by Gasteiger charge is -2.26. The Balaban J connectivity index is 1.79. The first-order chi connectivity index (χ1) is 16.1. The van der Waals surface area contributed by atoms with Crippen LogP contribution in [0.2, 0.25) is 0 Å². The number of hydrogen-bond donors (Lipinski definition) is 1. The molecule has 1 unspecified atom stereocenters. The normalized spacial score (nSPS) is 17.5. The molecule has 162 valence electrons. The molecule has 1 amide bonds. The van der Waals surface area contributed by atoms with Crippen LogP contribution in [0.3, 0.4) is 0 Å². The van der Waals surface area contributed by atoms with Crippen molar-refractivity contribution in [2.45, 2.75) is 6.04 Å². The van der Waals surface area contributed by atoms with Gasteiger partial charge in [-0.1, -0.05) is 60.7 Å². The van der Waals surface area contributed by atoms with Gasteiger partial charge in [0.1, 0.15) is 17.6 Å². The van der Waals surface area contributed by atoms with E-state index in [2.05, 4.69) is 4.98 Å². The average Bonchev–Trinajstić information content (AvgIpc) is 3.14. The lowest BCUT2D eigenvalue weighted by molar-refractivity contribution is -0.132. The number of nitrogens with zero attached hydrogens (tertiary/aromatic N) is 2. The number of fused-ring (bicyclic) bond motifs is 1. The van der Waals surface area contributed by atoms with Crippen LogP contribution in [0.1, 0.15) is 17.3 Å². The minimum Gasteiger partial charge on any atom is -0.507 e. The highest BCUT2D eigenvalue weighted by molar-refractivity contribution is 6.52. The standard InChI is InChI=1S/C27H20N2O4/c1-33-22-15-5-4-14-21(22)29-24(20-13-6-7-16-28-20)23(26(31)27(29)32)25(30)19-12-8-10-17-9-2-3-11-18(17)19/h2-16,24,30H,1H3/b25-23-. The van der Waals surface area contributed by atoms with Gasteiger partial charge in [-0.15, -0.1) is 0 Å². The van der Waals surface area contributed by atoms with E-state index in [-0.39, 0.29) is 11.3 Å². The molecule has 4 aromatic rings. The summed E-state index contributed by atoms with van der Waals surface area (Å²) in [5, 5.41) is 13.1. The largest absolute Gasteiger partial charge is 0.507 e. The summed E-state index contributed by atoms with van der Waals surface area (Å²) in [7, 11) is 1.50. The summed E-state index contributed by atoms with van der Waals surface area (Å²) in [6, 6.07) is 24.4. The Kier molecular flexibility index (Phi) is 5.11. The van der Waals surface area contributed by atoms with E-state index in [0.717, 1.165) is 10.8 Å². The zero-order valence-electron chi connectivity index (χ0n) is 17.8. The van der Waals surface area contributed by atoms with Gasteiger partial charge in [0, 0.05) is 11.8 Å². The number of rotatable bonds is 4. The Hall–Kier alpha value is -4.45. The number of anilines is 1. The first-order valence-electron chi connectivity index (χ1n) is 10.4. The Labute approximate surface area is 190 Å². The summed E-state index contributed by atoms with van der Waals surface area (Å²) in [4.78, 5) is 32.4. The molecule has 2 heterocycles. The molecule has 0 bridgehead atoms. The van der Waals surface area contributed by atoms with Crippen LogP contribution in [-0.4, -0.2) is 28.9 Å². The highest BCUT2D eigenvalue weighted by Gasteiger charge is 2.48. The number of ether oxygens (including phenoxy) is 1. The van der Waals surface area contributed by atoms with E-state index >= 15 is 0 Å². The number of para-hydroxylation sites is 2. The van der Waals surface area contributed by atoms with Gasteiger partial charge in [0.2, 0.25) is 0 Å². The summed E-state index contributed by atoms with van der Waals surface area (Å²) < 4.78 is 5.46. The minimum atomic E-state index is -0.915. The number of aliphatic hydroxyl groups excluding tert-OH is 1. The van der Waals surface area contributed by atoms with Gasteiger partial charge in [0.05, 0.1) is 24.1 Å². The van der Waals surface area contributed by atoms with Crippen LogP contribution < -0.4 is 9.64 Å².